The van der Waals surface area contributed by atoms with E-state index in [0.717, 1.165) is 0 Å². The molecule has 134 valence electrons. The van der Waals surface area contributed by atoms with E-state index < -0.39 is 11.6 Å². The Kier molecular flexibility index (Phi) is 4.21. The molecule has 1 atom stereocenters. The van der Waals surface area contributed by atoms with E-state index in [1.807, 2.05) is 12.1 Å². The van der Waals surface area contributed by atoms with Crippen LogP contribution in [0.2, 0.25) is 0 Å². The van der Waals surface area contributed by atoms with Crippen molar-refractivity contribution < 1.29 is 19.1 Å². The molecule has 0 saturated carbocycles. The van der Waals surface area contributed by atoms with Gasteiger partial charge in [0.1, 0.15) is 5.75 Å². The second-order valence-corrected chi connectivity index (χ2v) is 6.08. The lowest BCUT2D eigenvalue weighted by molar-refractivity contribution is 0.0251. The minimum absolute atomic E-state index is 0.384. The number of ether oxygens (including phenoxy) is 2. The summed E-state index contributed by atoms with van der Waals surface area (Å²) in [5, 5.41) is 8.69. The highest BCUT2D eigenvalue weighted by Crippen LogP contribution is 2.47. The van der Waals surface area contributed by atoms with Gasteiger partial charge in [-0.3, -0.25) is 0 Å². The van der Waals surface area contributed by atoms with Gasteiger partial charge < -0.3 is 9.47 Å². The summed E-state index contributed by atoms with van der Waals surface area (Å²) in [7, 11) is 0. The van der Waals surface area contributed by atoms with Gasteiger partial charge in [-0.05, 0) is 30.3 Å². The standard InChI is InChI=1S/C22H12N2O4/c23-13-27-18-11-7-16(8-12-18)22(15-5-9-17(10-6-15)24-14-25)20-4-2-1-3-19(20)21(26)28-22/h1-12H. The average molecular weight is 368 g/mol. The van der Waals surface area contributed by atoms with E-state index in [-0.39, 0.29) is 0 Å². The molecule has 1 aliphatic rings. The van der Waals surface area contributed by atoms with Crippen LogP contribution in [-0.2, 0) is 15.1 Å². The van der Waals surface area contributed by atoms with Gasteiger partial charge in [-0.2, -0.15) is 4.99 Å². The van der Waals surface area contributed by atoms with E-state index >= 15 is 0 Å². The highest BCUT2D eigenvalue weighted by molar-refractivity contribution is 5.96. The number of cyclic esters (lactones) is 1. The molecule has 0 amide bonds. The van der Waals surface area contributed by atoms with Gasteiger partial charge in [0.2, 0.25) is 6.08 Å². The van der Waals surface area contributed by atoms with Gasteiger partial charge in [-0.15, -0.1) is 5.26 Å². The first-order valence-electron chi connectivity index (χ1n) is 8.37. The van der Waals surface area contributed by atoms with Crippen molar-refractivity contribution in [3.63, 3.8) is 0 Å². The maximum Gasteiger partial charge on any atom is 0.340 e. The number of carbonyl (C=O) groups excluding carboxylic acids is 2. The molecule has 6 nitrogen and oxygen atoms in total. The highest BCUT2D eigenvalue weighted by atomic mass is 16.6. The molecule has 1 heterocycles. The number of isocyanates is 1. The minimum Gasteiger partial charge on any atom is -0.441 e. The fraction of sp³-hybridized carbons (Fsp3) is 0.0455. The maximum atomic E-state index is 12.6. The van der Waals surface area contributed by atoms with Crippen molar-refractivity contribution in [2.45, 2.75) is 5.60 Å². The van der Waals surface area contributed by atoms with Crippen molar-refractivity contribution in [2.75, 3.05) is 0 Å². The van der Waals surface area contributed by atoms with Crippen LogP contribution in [0.25, 0.3) is 0 Å². The lowest BCUT2D eigenvalue weighted by atomic mass is 9.80. The molecule has 0 spiro atoms. The predicted octanol–water partition coefficient (Wildman–Crippen LogP) is 3.98. The molecule has 0 aliphatic carbocycles. The Bertz CT molecular complexity index is 1140. The number of fused-ring (bicyclic) bond motifs is 1. The molecule has 1 unspecified atom stereocenters. The first-order valence-corrected chi connectivity index (χ1v) is 8.37. The number of benzene rings is 3. The Morgan fingerprint density at radius 1 is 0.929 bits per heavy atom. The van der Waals surface area contributed by atoms with Crippen molar-refractivity contribution in [3.8, 4) is 12.0 Å². The first kappa shape index (κ1) is 17.2. The summed E-state index contributed by atoms with van der Waals surface area (Å²) >= 11 is 0. The third-order valence-electron chi connectivity index (χ3n) is 4.64. The number of esters is 1. The third kappa shape index (κ3) is 2.64. The predicted molar refractivity (Wildman–Crippen MR) is 98.6 cm³/mol. The molecule has 6 heteroatoms. The summed E-state index contributed by atoms with van der Waals surface area (Å²) in [6, 6.07) is 20.8. The Morgan fingerprint density at radius 2 is 1.57 bits per heavy atom. The largest absolute Gasteiger partial charge is 0.441 e. The van der Waals surface area contributed by atoms with E-state index in [2.05, 4.69) is 4.99 Å². The Labute approximate surface area is 160 Å². The topological polar surface area (TPSA) is 88.8 Å². The fourth-order valence-corrected chi connectivity index (χ4v) is 3.45. The molecule has 3 aromatic carbocycles. The quantitative estimate of drug-likeness (QED) is 0.301. The zero-order valence-electron chi connectivity index (χ0n) is 14.5. The van der Waals surface area contributed by atoms with Crippen molar-refractivity contribution in [3.05, 3.63) is 95.1 Å². The molecule has 0 fully saturated rings. The van der Waals surface area contributed by atoms with Crippen molar-refractivity contribution in [1.82, 2.24) is 0 Å². The normalized spacial score (nSPS) is 17.0. The van der Waals surface area contributed by atoms with Crippen LogP contribution >= 0.6 is 0 Å². The zero-order valence-corrected chi connectivity index (χ0v) is 14.5. The van der Waals surface area contributed by atoms with Crippen LogP contribution in [0.3, 0.4) is 0 Å². The summed E-state index contributed by atoms with van der Waals surface area (Å²) in [5.74, 6) is -0.0439. The lowest BCUT2D eigenvalue weighted by Gasteiger charge is -2.30. The number of aliphatic imine (C=N–C) groups is 1. The van der Waals surface area contributed by atoms with Gasteiger partial charge in [0.05, 0.1) is 11.3 Å². The highest BCUT2D eigenvalue weighted by Gasteiger charge is 2.48. The number of carbonyl (C=O) groups is 1. The summed E-state index contributed by atoms with van der Waals surface area (Å²) < 4.78 is 10.8. The van der Waals surface area contributed by atoms with E-state index in [1.165, 1.54) is 6.08 Å². The third-order valence-corrected chi connectivity index (χ3v) is 4.64. The summed E-state index contributed by atoms with van der Waals surface area (Å²) in [6.45, 7) is 0. The van der Waals surface area contributed by atoms with Crippen LogP contribution in [0.5, 0.6) is 5.75 Å². The van der Waals surface area contributed by atoms with Crippen molar-refractivity contribution >= 4 is 17.7 Å². The number of nitriles is 1. The van der Waals surface area contributed by atoms with Crippen molar-refractivity contribution in [2.24, 2.45) is 4.99 Å². The molecule has 3 aromatic rings. The van der Waals surface area contributed by atoms with Gasteiger partial charge in [0.25, 0.3) is 6.26 Å². The molecule has 0 aromatic heterocycles. The zero-order chi connectivity index (χ0) is 19.6. The summed E-state index contributed by atoms with van der Waals surface area (Å²) in [4.78, 5) is 26.7. The molecule has 0 radical (unpaired) electrons. The number of rotatable bonds is 4. The molecular formula is C22H12N2O4. The molecule has 0 saturated heterocycles. The van der Waals surface area contributed by atoms with Crippen LogP contribution in [0.4, 0.5) is 5.69 Å². The monoisotopic (exact) mass is 368 g/mol. The lowest BCUT2D eigenvalue weighted by Crippen LogP contribution is -2.29. The fourth-order valence-electron chi connectivity index (χ4n) is 3.45. The molecule has 0 bridgehead atoms. The maximum absolute atomic E-state index is 12.6. The van der Waals surface area contributed by atoms with Gasteiger partial charge in [0.15, 0.2) is 5.60 Å². The molecule has 0 N–H and O–H groups in total. The van der Waals surface area contributed by atoms with E-state index in [4.69, 9.17) is 14.7 Å². The second kappa shape index (κ2) is 6.84. The minimum atomic E-state index is -1.16. The number of hydrogen-bond donors (Lipinski definition) is 0. The van der Waals surface area contributed by atoms with E-state index in [0.29, 0.717) is 33.7 Å². The van der Waals surface area contributed by atoms with Gasteiger partial charge in [0, 0.05) is 16.7 Å². The van der Waals surface area contributed by atoms with Crippen LogP contribution < -0.4 is 4.74 Å². The van der Waals surface area contributed by atoms with E-state index in [9.17, 15) is 9.59 Å². The first-order chi connectivity index (χ1) is 13.7. The van der Waals surface area contributed by atoms with Crippen LogP contribution in [0, 0.1) is 11.5 Å². The van der Waals surface area contributed by atoms with E-state index in [1.54, 1.807) is 66.9 Å². The number of nitrogens with zero attached hydrogens (tertiary/aromatic N) is 2. The van der Waals surface area contributed by atoms with Crippen molar-refractivity contribution in [1.29, 1.82) is 5.26 Å². The summed E-state index contributed by atoms with van der Waals surface area (Å²) in [5.41, 5.74) is 1.87. The van der Waals surface area contributed by atoms with Crippen LogP contribution in [0.15, 0.2) is 77.8 Å². The summed E-state index contributed by atoms with van der Waals surface area (Å²) in [6.07, 6.45) is 3.13. The van der Waals surface area contributed by atoms with Gasteiger partial charge >= 0.3 is 5.97 Å². The Balaban J connectivity index is 1.94. The van der Waals surface area contributed by atoms with Crippen LogP contribution in [-0.4, -0.2) is 12.0 Å². The molecule has 28 heavy (non-hydrogen) atoms. The molecule has 1 aliphatic heterocycles. The molecular weight excluding hydrogens is 356 g/mol. The smallest absolute Gasteiger partial charge is 0.340 e. The van der Waals surface area contributed by atoms with Gasteiger partial charge in [-0.25, -0.2) is 9.59 Å². The average Bonchev–Trinajstić information content (AvgIpc) is 3.04. The Morgan fingerprint density at radius 3 is 2.21 bits per heavy atom. The number of hydrogen-bond acceptors (Lipinski definition) is 6. The Hall–Kier alpha value is -4.20. The SMILES string of the molecule is N#COc1ccc(C2(c3ccc(N=C=O)cc3)OC(=O)c3ccccc32)cc1. The molecule has 4 rings (SSSR count). The van der Waals surface area contributed by atoms with Crippen LogP contribution in [0.1, 0.15) is 27.0 Å². The van der Waals surface area contributed by atoms with Gasteiger partial charge in [-0.1, -0.05) is 42.5 Å². The second-order valence-electron chi connectivity index (χ2n) is 6.08.